The van der Waals surface area contributed by atoms with Crippen LogP contribution in [0.5, 0.6) is 0 Å². The van der Waals surface area contributed by atoms with E-state index in [1.807, 2.05) is 30.3 Å². The van der Waals surface area contributed by atoms with Crippen molar-refractivity contribution in [3.8, 4) is 16.9 Å². The number of amides is 1. The second-order valence-corrected chi connectivity index (χ2v) is 12.0. The highest BCUT2D eigenvalue weighted by molar-refractivity contribution is 8.26. The van der Waals surface area contributed by atoms with Crippen LogP contribution >= 0.6 is 24.0 Å². The van der Waals surface area contributed by atoms with Gasteiger partial charge in [0.05, 0.1) is 33.1 Å². The summed E-state index contributed by atoms with van der Waals surface area (Å²) in [7, 11) is -3.19. The zero-order valence-corrected chi connectivity index (χ0v) is 20.6. The number of carbonyl (C=O) groups is 1. The first-order chi connectivity index (χ1) is 16.7. The fraction of sp³-hybridized carbons (Fsp3) is 0.174. The van der Waals surface area contributed by atoms with Gasteiger partial charge in [0, 0.05) is 29.5 Å². The minimum atomic E-state index is -3.19. The van der Waals surface area contributed by atoms with Crippen molar-refractivity contribution in [2.45, 2.75) is 12.5 Å². The Morgan fingerprint density at radius 3 is 2.63 bits per heavy atom. The number of nitrogens with zero attached hydrogens (tertiary/aromatic N) is 4. The van der Waals surface area contributed by atoms with Gasteiger partial charge in [0.25, 0.3) is 11.6 Å². The molecule has 0 N–H and O–H groups in total. The zero-order chi connectivity index (χ0) is 24.7. The molecule has 3 aromatic rings. The predicted octanol–water partition coefficient (Wildman–Crippen LogP) is 3.84. The maximum atomic E-state index is 13.2. The number of aromatic nitrogens is 2. The summed E-state index contributed by atoms with van der Waals surface area (Å²) in [4.78, 5) is 25.8. The van der Waals surface area contributed by atoms with Gasteiger partial charge in [-0.2, -0.15) is 5.10 Å². The summed E-state index contributed by atoms with van der Waals surface area (Å²) in [6.45, 7) is 0. The van der Waals surface area contributed by atoms with Crippen LogP contribution in [0.25, 0.3) is 23.0 Å². The van der Waals surface area contributed by atoms with Crippen LogP contribution in [-0.2, 0) is 14.6 Å². The maximum absolute atomic E-state index is 13.2. The van der Waals surface area contributed by atoms with E-state index in [1.54, 1.807) is 29.1 Å². The fourth-order valence-corrected chi connectivity index (χ4v) is 7.20. The number of rotatable bonds is 5. The van der Waals surface area contributed by atoms with Crippen molar-refractivity contribution in [1.82, 2.24) is 14.7 Å². The molecule has 1 amide bonds. The molecule has 178 valence electrons. The molecule has 2 aliphatic heterocycles. The molecule has 2 aromatic carbocycles. The first-order valence-electron chi connectivity index (χ1n) is 10.6. The highest BCUT2D eigenvalue weighted by atomic mass is 32.2. The van der Waals surface area contributed by atoms with Gasteiger partial charge in [0.2, 0.25) is 0 Å². The predicted molar refractivity (Wildman–Crippen MR) is 138 cm³/mol. The maximum Gasteiger partial charge on any atom is 0.270 e. The number of nitro benzene ring substituents is 1. The zero-order valence-electron chi connectivity index (χ0n) is 18.1. The fourth-order valence-electron chi connectivity index (χ4n) is 4.11. The summed E-state index contributed by atoms with van der Waals surface area (Å²) >= 11 is 6.52. The highest BCUT2D eigenvalue weighted by Gasteiger charge is 2.42. The van der Waals surface area contributed by atoms with E-state index in [0.717, 1.165) is 17.4 Å². The quantitative estimate of drug-likeness (QED) is 0.213. The van der Waals surface area contributed by atoms with Crippen LogP contribution in [0.4, 0.5) is 5.69 Å². The third-order valence-electron chi connectivity index (χ3n) is 5.78. The van der Waals surface area contributed by atoms with Gasteiger partial charge in [0.1, 0.15) is 10.0 Å². The topological polar surface area (TPSA) is 115 Å². The molecule has 0 unspecified atom stereocenters. The Labute approximate surface area is 210 Å². The molecule has 3 heterocycles. The molecule has 5 rings (SSSR count). The lowest BCUT2D eigenvalue weighted by Crippen LogP contribution is -2.39. The number of para-hydroxylation sites is 1. The first-order valence-corrected chi connectivity index (χ1v) is 13.6. The largest absolute Gasteiger partial charge is 0.289 e. The normalized spacial score (nSPS) is 20.6. The van der Waals surface area contributed by atoms with Crippen molar-refractivity contribution in [3.05, 3.63) is 81.4 Å². The molecule has 0 saturated carbocycles. The molecule has 35 heavy (non-hydrogen) atoms. The first kappa shape index (κ1) is 23.4. The van der Waals surface area contributed by atoms with E-state index in [9.17, 15) is 23.3 Å². The van der Waals surface area contributed by atoms with Crippen molar-refractivity contribution in [3.63, 3.8) is 0 Å². The average molecular weight is 527 g/mol. The Balaban J connectivity index is 1.57. The molecular formula is C23H18N4O5S3. The van der Waals surface area contributed by atoms with Gasteiger partial charge >= 0.3 is 0 Å². The second kappa shape index (κ2) is 9.02. The molecule has 2 saturated heterocycles. The Kier molecular flexibility index (Phi) is 6.03. The summed E-state index contributed by atoms with van der Waals surface area (Å²) < 4.78 is 25.8. The highest BCUT2D eigenvalue weighted by Crippen LogP contribution is 2.38. The van der Waals surface area contributed by atoms with Crippen LogP contribution in [0.2, 0.25) is 0 Å². The number of hydrogen-bond acceptors (Lipinski definition) is 8. The van der Waals surface area contributed by atoms with Gasteiger partial charge in [-0.25, -0.2) is 13.1 Å². The minimum Gasteiger partial charge on any atom is -0.289 e. The van der Waals surface area contributed by atoms with E-state index in [0.29, 0.717) is 32.5 Å². The SMILES string of the molecule is O=C1/C(=C\c2cn(-c3ccccc3)nc2-c2cccc([N+](=O)[O-])c2)SC(=S)N1[C@@H]1CCS(=O)(=O)C1. The molecule has 0 radical (unpaired) electrons. The van der Waals surface area contributed by atoms with E-state index in [4.69, 9.17) is 12.2 Å². The monoisotopic (exact) mass is 526 g/mol. The Hall–Kier alpha value is -3.35. The van der Waals surface area contributed by atoms with Crippen LogP contribution in [0.15, 0.2) is 65.7 Å². The molecule has 1 aromatic heterocycles. The van der Waals surface area contributed by atoms with E-state index in [2.05, 4.69) is 5.10 Å². The molecule has 2 fully saturated rings. The summed E-state index contributed by atoms with van der Waals surface area (Å²) in [6, 6.07) is 15.0. The molecule has 12 heteroatoms. The van der Waals surface area contributed by atoms with E-state index < -0.39 is 20.8 Å². The number of carbonyl (C=O) groups excluding carboxylic acids is 1. The second-order valence-electron chi connectivity index (χ2n) is 8.13. The van der Waals surface area contributed by atoms with Crippen LogP contribution in [0, 0.1) is 10.1 Å². The molecule has 0 aliphatic carbocycles. The number of sulfone groups is 1. The standard InChI is InChI=1S/C23H18N4O5S3/c28-22-20(34-23(33)26(22)19-9-10-35(31,32)14-19)12-16-13-25(17-6-2-1-3-7-17)24-21(16)15-5-4-8-18(11-15)27(29)30/h1-8,11-13,19H,9-10,14H2/b20-12+/t19-/m1/s1. The number of thioether (sulfide) groups is 1. The van der Waals surface area contributed by atoms with Gasteiger partial charge in [-0.1, -0.05) is 54.3 Å². The average Bonchev–Trinajstić information content (AvgIpc) is 3.49. The minimum absolute atomic E-state index is 0.0363. The van der Waals surface area contributed by atoms with Crippen LogP contribution in [0.1, 0.15) is 12.0 Å². The third-order valence-corrected chi connectivity index (χ3v) is 8.86. The number of nitro groups is 1. The smallest absolute Gasteiger partial charge is 0.270 e. The Morgan fingerprint density at radius 2 is 1.94 bits per heavy atom. The summed E-state index contributed by atoms with van der Waals surface area (Å²) in [6.07, 6.45) is 3.76. The number of hydrogen-bond donors (Lipinski definition) is 0. The molecular weight excluding hydrogens is 508 g/mol. The van der Waals surface area contributed by atoms with Crippen LogP contribution in [-0.4, -0.2) is 55.8 Å². The van der Waals surface area contributed by atoms with Gasteiger partial charge in [-0.3, -0.25) is 19.8 Å². The van der Waals surface area contributed by atoms with E-state index >= 15 is 0 Å². The van der Waals surface area contributed by atoms with Gasteiger partial charge < -0.3 is 0 Å². The Bertz CT molecular complexity index is 1500. The van der Waals surface area contributed by atoms with E-state index in [-0.39, 0.29) is 23.1 Å². The third kappa shape index (κ3) is 4.64. The van der Waals surface area contributed by atoms with Crippen molar-refractivity contribution in [2.75, 3.05) is 11.5 Å². The van der Waals surface area contributed by atoms with Gasteiger partial charge in [-0.05, 0) is 24.6 Å². The lowest BCUT2D eigenvalue weighted by Gasteiger charge is -2.20. The molecule has 9 nitrogen and oxygen atoms in total. The lowest BCUT2D eigenvalue weighted by molar-refractivity contribution is -0.384. The summed E-state index contributed by atoms with van der Waals surface area (Å²) in [5.41, 5.74) is 2.27. The lowest BCUT2D eigenvalue weighted by atomic mass is 10.1. The van der Waals surface area contributed by atoms with Crippen LogP contribution < -0.4 is 0 Å². The molecule has 0 spiro atoms. The van der Waals surface area contributed by atoms with Crippen molar-refractivity contribution < 1.29 is 18.1 Å². The van der Waals surface area contributed by atoms with Crippen molar-refractivity contribution in [1.29, 1.82) is 0 Å². The number of non-ortho nitro benzene ring substituents is 1. The van der Waals surface area contributed by atoms with Crippen LogP contribution in [0.3, 0.4) is 0 Å². The molecule has 0 bridgehead atoms. The van der Waals surface area contributed by atoms with Gasteiger partial charge in [0.15, 0.2) is 9.84 Å². The summed E-state index contributed by atoms with van der Waals surface area (Å²) in [5, 5.41) is 16.0. The number of thiocarbonyl (C=S) groups is 1. The number of benzene rings is 2. The molecule has 1 atom stereocenters. The Morgan fingerprint density at radius 1 is 1.17 bits per heavy atom. The van der Waals surface area contributed by atoms with Crippen molar-refractivity contribution in [2.24, 2.45) is 0 Å². The van der Waals surface area contributed by atoms with E-state index in [1.165, 1.54) is 17.0 Å². The van der Waals surface area contributed by atoms with Crippen molar-refractivity contribution >= 4 is 55.8 Å². The molecule has 2 aliphatic rings. The summed E-state index contributed by atoms with van der Waals surface area (Å²) in [5.74, 6) is -0.411. The van der Waals surface area contributed by atoms with Gasteiger partial charge in [-0.15, -0.1) is 0 Å².